The number of nitrogens with zero attached hydrogens (tertiary/aromatic N) is 1. The highest BCUT2D eigenvalue weighted by Crippen LogP contribution is 2.30. The Labute approximate surface area is 128 Å². The summed E-state index contributed by atoms with van der Waals surface area (Å²) in [6, 6.07) is 10.3. The summed E-state index contributed by atoms with van der Waals surface area (Å²) >= 11 is 3.47. The van der Waals surface area contributed by atoms with Crippen molar-refractivity contribution in [2.24, 2.45) is 0 Å². The first kappa shape index (κ1) is 15.0. The van der Waals surface area contributed by atoms with E-state index in [-0.39, 0.29) is 6.04 Å². The monoisotopic (exact) mass is 334 g/mol. The van der Waals surface area contributed by atoms with Crippen LogP contribution in [0.2, 0.25) is 0 Å². The number of likely N-dealkylation sites (N-methyl/N-ethyl adjacent to an activating group) is 1. The fourth-order valence-corrected chi connectivity index (χ4v) is 2.61. The van der Waals surface area contributed by atoms with Gasteiger partial charge in [-0.2, -0.15) is 0 Å². The Kier molecular flexibility index (Phi) is 5.15. The Hall–Kier alpha value is -1.39. The molecule has 1 heterocycles. The molecule has 1 aromatic heterocycles. The minimum Gasteiger partial charge on any atom is -0.496 e. The quantitative estimate of drug-likeness (QED) is 0.905. The van der Waals surface area contributed by atoms with Gasteiger partial charge in [-0.3, -0.25) is 4.98 Å². The first-order valence-electron chi connectivity index (χ1n) is 6.57. The molecule has 2 aromatic rings. The third-order valence-electron chi connectivity index (χ3n) is 3.43. The first-order chi connectivity index (χ1) is 9.65. The highest BCUT2D eigenvalue weighted by Gasteiger charge is 2.16. The standard InChI is InChI=1S/C16H19BrN2O/c1-11-5-4-8-19-14(11)10-15(18-2)13-7-6-12(17)9-16(13)20-3/h4-9,15,18H,10H2,1-3H3. The molecule has 2 rings (SSSR count). The van der Waals surface area contributed by atoms with Gasteiger partial charge in [-0.05, 0) is 37.7 Å². The van der Waals surface area contributed by atoms with Crippen LogP contribution in [-0.4, -0.2) is 19.1 Å². The van der Waals surface area contributed by atoms with Crippen molar-refractivity contribution in [1.82, 2.24) is 10.3 Å². The molecule has 1 N–H and O–H groups in total. The van der Waals surface area contributed by atoms with Gasteiger partial charge in [0.2, 0.25) is 0 Å². The van der Waals surface area contributed by atoms with E-state index in [1.807, 2.05) is 31.4 Å². The smallest absolute Gasteiger partial charge is 0.124 e. The molecule has 0 saturated carbocycles. The Bertz CT molecular complexity index is 586. The van der Waals surface area contributed by atoms with E-state index in [2.05, 4.69) is 45.3 Å². The number of nitrogens with one attached hydrogen (secondary N) is 1. The molecule has 0 saturated heterocycles. The summed E-state index contributed by atoms with van der Waals surface area (Å²) in [5.74, 6) is 0.882. The van der Waals surface area contributed by atoms with Gasteiger partial charge in [0.25, 0.3) is 0 Å². The number of aryl methyl sites for hydroxylation is 1. The van der Waals surface area contributed by atoms with Crippen LogP contribution >= 0.6 is 15.9 Å². The highest BCUT2D eigenvalue weighted by atomic mass is 79.9. The number of rotatable bonds is 5. The average molecular weight is 335 g/mol. The van der Waals surface area contributed by atoms with E-state index in [9.17, 15) is 0 Å². The van der Waals surface area contributed by atoms with Crippen molar-refractivity contribution >= 4 is 15.9 Å². The molecule has 0 bridgehead atoms. The second-order valence-corrected chi connectivity index (χ2v) is 5.61. The van der Waals surface area contributed by atoms with E-state index in [1.54, 1.807) is 7.11 Å². The summed E-state index contributed by atoms with van der Waals surface area (Å²) in [6.45, 7) is 2.09. The predicted molar refractivity (Wildman–Crippen MR) is 85.2 cm³/mol. The van der Waals surface area contributed by atoms with Gasteiger partial charge in [0.15, 0.2) is 0 Å². The van der Waals surface area contributed by atoms with E-state index in [4.69, 9.17) is 4.74 Å². The molecule has 0 amide bonds. The molecule has 1 aromatic carbocycles. The van der Waals surface area contributed by atoms with Crippen molar-refractivity contribution in [3.8, 4) is 5.75 Å². The predicted octanol–water partition coefficient (Wildman–Crippen LogP) is 3.66. The van der Waals surface area contributed by atoms with E-state index < -0.39 is 0 Å². The van der Waals surface area contributed by atoms with Crippen LogP contribution in [0.3, 0.4) is 0 Å². The van der Waals surface area contributed by atoms with Gasteiger partial charge in [0, 0.05) is 34.4 Å². The van der Waals surface area contributed by atoms with Crippen LogP contribution in [0.4, 0.5) is 0 Å². The summed E-state index contributed by atoms with van der Waals surface area (Å²) in [6.07, 6.45) is 2.68. The number of hydrogen-bond donors (Lipinski definition) is 1. The van der Waals surface area contributed by atoms with E-state index in [1.165, 1.54) is 5.56 Å². The first-order valence-corrected chi connectivity index (χ1v) is 7.36. The molecule has 4 heteroatoms. The molecular formula is C16H19BrN2O. The summed E-state index contributed by atoms with van der Waals surface area (Å²) in [7, 11) is 3.66. The van der Waals surface area contributed by atoms with Crippen molar-refractivity contribution in [3.63, 3.8) is 0 Å². The maximum atomic E-state index is 5.49. The Morgan fingerprint density at radius 2 is 2.15 bits per heavy atom. The molecule has 106 valence electrons. The lowest BCUT2D eigenvalue weighted by molar-refractivity contribution is 0.400. The minimum atomic E-state index is 0.173. The molecule has 0 aliphatic rings. The van der Waals surface area contributed by atoms with E-state index >= 15 is 0 Å². The van der Waals surface area contributed by atoms with Gasteiger partial charge in [0.05, 0.1) is 7.11 Å². The zero-order chi connectivity index (χ0) is 14.5. The minimum absolute atomic E-state index is 0.173. The molecule has 1 atom stereocenters. The van der Waals surface area contributed by atoms with Gasteiger partial charge in [0.1, 0.15) is 5.75 Å². The number of ether oxygens (including phenoxy) is 1. The normalized spacial score (nSPS) is 12.2. The third-order valence-corrected chi connectivity index (χ3v) is 3.93. The summed E-state index contributed by atoms with van der Waals surface area (Å²) in [5, 5.41) is 3.35. The highest BCUT2D eigenvalue weighted by molar-refractivity contribution is 9.10. The SMILES string of the molecule is CNC(Cc1ncccc1C)c1ccc(Br)cc1OC. The topological polar surface area (TPSA) is 34.2 Å². The lowest BCUT2D eigenvalue weighted by Gasteiger charge is -2.20. The van der Waals surface area contributed by atoms with Crippen molar-refractivity contribution in [2.75, 3.05) is 14.2 Å². The molecule has 0 aliphatic carbocycles. The Balaban J connectivity index is 2.31. The third kappa shape index (κ3) is 3.38. The van der Waals surface area contributed by atoms with Gasteiger partial charge in [-0.15, -0.1) is 0 Å². The lowest BCUT2D eigenvalue weighted by atomic mass is 9.99. The Morgan fingerprint density at radius 1 is 1.35 bits per heavy atom. The fraction of sp³-hybridized carbons (Fsp3) is 0.312. The maximum Gasteiger partial charge on any atom is 0.124 e. The number of aromatic nitrogens is 1. The zero-order valence-electron chi connectivity index (χ0n) is 12.0. The zero-order valence-corrected chi connectivity index (χ0v) is 13.6. The molecule has 0 radical (unpaired) electrons. The number of methoxy groups -OCH3 is 1. The Morgan fingerprint density at radius 3 is 2.80 bits per heavy atom. The van der Waals surface area contributed by atoms with Crippen LogP contribution in [0.5, 0.6) is 5.75 Å². The van der Waals surface area contributed by atoms with E-state index in [0.717, 1.165) is 27.9 Å². The molecular weight excluding hydrogens is 316 g/mol. The molecule has 1 unspecified atom stereocenters. The summed E-state index contributed by atoms with van der Waals surface area (Å²) in [5.41, 5.74) is 3.46. The van der Waals surface area contributed by atoms with Crippen LogP contribution in [0.15, 0.2) is 41.0 Å². The van der Waals surface area contributed by atoms with Crippen molar-refractivity contribution in [3.05, 3.63) is 57.8 Å². The largest absolute Gasteiger partial charge is 0.496 e. The average Bonchev–Trinajstić information content (AvgIpc) is 2.46. The second-order valence-electron chi connectivity index (χ2n) is 4.70. The fourth-order valence-electron chi connectivity index (χ4n) is 2.27. The number of pyridine rings is 1. The lowest BCUT2D eigenvalue weighted by Crippen LogP contribution is -2.20. The summed E-state index contributed by atoms with van der Waals surface area (Å²) in [4.78, 5) is 4.47. The molecule has 0 aliphatic heterocycles. The second kappa shape index (κ2) is 6.86. The van der Waals surface area contributed by atoms with E-state index in [0.29, 0.717) is 0 Å². The molecule has 3 nitrogen and oxygen atoms in total. The molecule has 20 heavy (non-hydrogen) atoms. The van der Waals surface area contributed by atoms with Gasteiger partial charge >= 0.3 is 0 Å². The van der Waals surface area contributed by atoms with Crippen molar-refractivity contribution < 1.29 is 4.74 Å². The molecule has 0 fully saturated rings. The van der Waals surface area contributed by atoms with Crippen LogP contribution in [0, 0.1) is 6.92 Å². The number of halogens is 1. The van der Waals surface area contributed by atoms with Crippen LogP contribution < -0.4 is 10.1 Å². The van der Waals surface area contributed by atoms with Gasteiger partial charge < -0.3 is 10.1 Å². The number of benzene rings is 1. The van der Waals surface area contributed by atoms with Crippen LogP contribution in [0.1, 0.15) is 22.9 Å². The van der Waals surface area contributed by atoms with Gasteiger partial charge in [-0.1, -0.05) is 28.1 Å². The number of hydrogen-bond acceptors (Lipinski definition) is 3. The van der Waals surface area contributed by atoms with Crippen LogP contribution in [0.25, 0.3) is 0 Å². The van der Waals surface area contributed by atoms with Gasteiger partial charge in [-0.25, -0.2) is 0 Å². The molecule has 0 spiro atoms. The van der Waals surface area contributed by atoms with Crippen molar-refractivity contribution in [2.45, 2.75) is 19.4 Å². The van der Waals surface area contributed by atoms with Crippen molar-refractivity contribution in [1.29, 1.82) is 0 Å². The maximum absolute atomic E-state index is 5.49. The summed E-state index contributed by atoms with van der Waals surface area (Å²) < 4.78 is 6.50. The van der Waals surface area contributed by atoms with Crippen LogP contribution in [-0.2, 0) is 6.42 Å².